The van der Waals surface area contributed by atoms with Gasteiger partial charge < -0.3 is 10.2 Å². The van der Waals surface area contributed by atoms with E-state index in [4.69, 9.17) is 0 Å². The molecule has 1 aliphatic rings. The first-order valence-electron chi connectivity index (χ1n) is 10.4. The van der Waals surface area contributed by atoms with E-state index in [0.717, 1.165) is 11.1 Å². The van der Waals surface area contributed by atoms with Crippen molar-refractivity contribution in [1.82, 2.24) is 9.21 Å². The van der Waals surface area contributed by atoms with Crippen molar-refractivity contribution in [2.24, 2.45) is 0 Å². The molecule has 2 aromatic rings. The van der Waals surface area contributed by atoms with Crippen molar-refractivity contribution in [2.75, 3.05) is 38.0 Å². The minimum atomic E-state index is -3.54. The molecule has 2 aromatic carbocycles. The minimum absolute atomic E-state index is 0.0381. The van der Waals surface area contributed by atoms with Crippen LogP contribution < -0.4 is 5.32 Å². The molecule has 3 rings (SSSR count). The lowest BCUT2D eigenvalue weighted by molar-refractivity contribution is -0.385. The molecule has 0 atom stereocenters. The van der Waals surface area contributed by atoms with Gasteiger partial charge in [-0.25, -0.2) is 8.42 Å². The predicted molar refractivity (Wildman–Crippen MR) is 122 cm³/mol. The van der Waals surface area contributed by atoms with E-state index in [1.807, 2.05) is 24.8 Å². The van der Waals surface area contributed by atoms with Crippen molar-refractivity contribution < 1.29 is 18.1 Å². The normalized spacial score (nSPS) is 15.5. The van der Waals surface area contributed by atoms with Crippen LogP contribution in [0.4, 0.5) is 11.4 Å². The number of nitrogens with zero attached hydrogens (tertiary/aromatic N) is 3. The number of nitro benzene ring substituents is 1. The molecular weight excluding hydrogens is 432 g/mol. The number of amides is 1. The summed E-state index contributed by atoms with van der Waals surface area (Å²) >= 11 is 0. The van der Waals surface area contributed by atoms with Gasteiger partial charge in [-0.3, -0.25) is 14.9 Å². The molecule has 1 heterocycles. The molecule has 32 heavy (non-hydrogen) atoms. The van der Waals surface area contributed by atoms with E-state index < -0.39 is 14.9 Å². The summed E-state index contributed by atoms with van der Waals surface area (Å²) in [5.74, 6) is -0.237. The molecular formula is C22H28N4O5S. The average molecular weight is 461 g/mol. The van der Waals surface area contributed by atoms with Crippen molar-refractivity contribution in [3.05, 3.63) is 63.2 Å². The number of aryl methyl sites for hydroxylation is 2. The number of anilines is 1. The number of carbonyl (C=O) groups excluding carboxylic acids is 1. The second kappa shape index (κ2) is 9.76. The smallest absolute Gasteiger partial charge is 0.274 e. The number of carbonyl (C=O) groups is 1. The second-order valence-electron chi connectivity index (χ2n) is 8.00. The third-order valence-electron chi connectivity index (χ3n) is 5.88. The number of nitrogens with one attached hydrogen (secondary N) is 1. The van der Waals surface area contributed by atoms with Crippen LogP contribution in [0.5, 0.6) is 0 Å². The summed E-state index contributed by atoms with van der Waals surface area (Å²) < 4.78 is 27.3. The van der Waals surface area contributed by atoms with Gasteiger partial charge in [0.25, 0.3) is 5.69 Å². The summed E-state index contributed by atoms with van der Waals surface area (Å²) in [6.45, 7) is 7.72. The summed E-state index contributed by atoms with van der Waals surface area (Å²) in [6, 6.07) is 9.74. The SMILES string of the molecule is Cc1ccc(S(=O)(=O)N2CCN(CCC(=O)Nc3cccc([N+](=O)[O-])c3C)CC2)cc1C. The molecule has 0 aromatic heterocycles. The third kappa shape index (κ3) is 5.32. The molecule has 0 saturated carbocycles. The zero-order valence-corrected chi connectivity index (χ0v) is 19.3. The van der Waals surface area contributed by atoms with Gasteiger partial charge in [0.1, 0.15) is 0 Å². The first kappa shape index (κ1) is 23.8. The summed E-state index contributed by atoms with van der Waals surface area (Å²) in [6.07, 6.45) is 0.214. The van der Waals surface area contributed by atoms with E-state index in [1.165, 1.54) is 16.4 Å². The summed E-state index contributed by atoms with van der Waals surface area (Å²) in [5.41, 5.74) is 2.79. The maximum atomic E-state index is 12.9. The van der Waals surface area contributed by atoms with E-state index in [9.17, 15) is 23.3 Å². The maximum Gasteiger partial charge on any atom is 0.274 e. The Morgan fingerprint density at radius 2 is 1.75 bits per heavy atom. The van der Waals surface area contributed by atoms with Crippen LogP contribution in [-0.4, -0.2) is 61.2 Å². The van der Waals surface area contributed by atoms with Crippen molar-refractivity contribution in [1.29, 1.82) is 0 Å². The molecule has 0 aliphatic carbocycles. The van der Waals surface area contributed by atoms with Crippen LogP contribution in [0, 0.1) is 30.9 Å². The van der Waals surface area contributed by atoms with Crippen LogP contribution in [-0.2, 0) is 14.8 Å². The van der Waals surface area contributed by atoms with Gasteiger partial charge in [-0.15, -0.1) is 0 Å². The molecule has 1 saturated heterocycles. The standard InChI is InChI=1S/C22H28N4O5S/c1-16-7-8-19(15-17(16)2)32(30,31)25-13-11-24(12-14-25)10-9-22(27)23-20-5-4-6-21(18(20)3)26(28)29/h4-8,15H,9-14H2,1-3H3,(H,23,27). The van der Waals surface area contributed by atoms with E-state index in [2.05, 4.69) is 5.32 Å². The molecule has 0 spiro atoms. The van der Waals surface area contributed by atoms with Crippen molar-refractivity contribution in [3.8, 4) is 0 Å². The van der Waals surface area contributed by atoms with E-state index in [1.54, 1.807) is 25.1 Å². The Hall–Kier alpha value is -2.82. The largest absolute Gasteiger partial charge is 0.326 e. The van der Waals surface area contributed by atoms with E-state index >= 15 is 0 Å². The molecule has 0 radical (unpaired) electrons. The van der Waals surface area contributed by atoms with Crippen molar-refractivity contribution in [3.63, 3.8) is 0 Å². The van der Waals surface area contributed by atoms with Crippen molar-refractivity contribution in [2.45, 2.75) is 32.1 Å². The Balaban J connectivity index is 1.52. The van der Waals surface area contributed by atoms with E-state index in [0.29, 0.717) is 48.9 Å². The van der Waals surface area contributed by atoms with Gasteiger partial charge in [-0.2, -0.15) is 4.31 Å². The lowest BCUT2D eigenvalue weighted by Gasteiger charge is -2.33. The number of hydrogen-bond acceptors (Lipinski definition) is 6. The molecule has 1 amide bonds. The highest BCUT2D eigenvalue weighted by atomic mass is 32.2. The Morgan fingerprint density at radius 1 is 1.06 bits per heavy atom. The molecule has 10 heteroatoms. The summed E-state index contributed by atoms with van der Waals surface area (Å²) in [4.78, 5) is 25.3. The highest BCUT2D eigenvalue weighted by Crippen LogP contribution is 2.25. The van der Waals surface area contributed by atoms with Gasteiger partial charge in [0, 0.05) is 45.2 Å². The van der Waals surface area contributed by atoms with Gasteiger partial charge in [0.2, 0.25) is 15.9 Å². The molecule has 1 aliphatic heterocycles. The Labute approximate surface area is 188 Å². The van der Waals surface area contributed by atoms with Crippen molar-refractivity contribution >= 4 is 27.3 Å². The van der Waals surface area contributed by atoms with Crippen LogP contribution in [0.25, 0.3) is 0 Å². The van der Waals surface area contributed by atoms with Gasteiger partial charge in [-0.05, 0) is 50.1 Å². The second-order valence-corrected chi connectivity index (χ2v) is 9.93. The fourth-order valence-electron chi connectivity index (χ4n) is 3.65. The minimum Gasteiger partial charge on any atom is -0.326 e. The van der Waals surface area contributed by atoms with Crippen LogP contribution in [0.3, 0.4) is 0 Å². The van der Waals surface area contributed by atoms with Gasteiger partial charge in [-0.1, -0.05) is 12.1 Å². The monoisotopic (exact) mass is 460 g/mol. The number of rotatable bonds is 7. The Bertz CT molecular complexity index is 1130. The molecule has 0 unspecified atom stereocenters. The van der Waals surface area contributed by atoms with Crippen LogP contribution >= 0.6 is 0 Å². The number of sulfonamides is 1. The first-order chi connectivity index (χ1) is 15.1. The predicted octanol–water partition coefficient (Wildman–Crippen LogP) is 2.86. The fraction of sp³-hybridized carbons (Fsp3) is 0.409. The highest BCUT2D eigenvalue weighted by molar-refractivity contribution is 7.89. The van der Waals surface area contributed by atoms with Crippen LogP contribution in [0.2, 0.25) is 0 Å². The van der Waals surface area contributed by atoms with Gasteiger partial charge >= 0.3 is 0 Å². The number of piperazine rings is 1. The first-order valence-corrected chi connectivity index (χ1v) is 11.9. The number of hydrogen-bond donors (Lipinski definition) is 1. The zero-order chi connectivity index (χ0) is 23.5. The van der Waals surface area contributed by atoms with Gasteiger partial charge in [0.05, 0.1) is 21.1 Å². The van der Waals surface area contributed by atoms with E-state index in [-0.39, 0.29) is 18.0 Å². The summed E-state index contributed by atoms with van der Waals surface area (Å²) in [7, 11) is -3.54. The van der Waals surface area contributed by atoms with Gasteiger partial charge in [0.15, 0.2) is 0 Å². The lowest BCUT2D eigenvalue weighted by atomic mass is 10.1. The lowest BCUT2D eigenvalue weighted by Crippen LogP contribution is -2.49. The number of nitro groups is 1. The van der Waals surface area contributed by atoms with Crippen LogP contribution in [0.15, 0.2) is 41.3 Å². The number of benzene rings is 2. The maximum absolute atomic E-state index is 12.9. The molecule has 9 nitrogen and oxygen atoms in total. The topological polar surface area (TPSA) is 113 Å². The molecule has 1 N–H and O–H groups in total. The highest BCUT2D eigenvalue weighted by Gasteiger charge is 2.28. The fourth-order valence-corrected chi connectivity index (χ4v) is 5.15. The Kier molecular flexibility index (Phi) is 7.27. The zero-order valence-electron chi connectivity index (χ0n) is 18.5. The molecule has 172 valence electrons. The average Bonchev–Trinajstić information content (AvgIpc) is 2.75. The summed E-state index contributed by atoms with van der Waals surface area (Å²) in [5, 5.41) is 13.8. The Morgan fingerprint density at radius 3 is 2.38 bits per heavy atom. The molecule has 0 bridgehead atoms. The molecule has 1 fully saturated rings. The third-order valence-corrected chi connectivity index (χ3v) is 7.77. The van der Waals surface area contributed by atoms with Crippen LogP contribution in [0.1, 0.15) is 23.1 Å². The quantitative estimate of drug-likeness (QED) is 0.502.